The Morgan fingerprint density at radius 1 is 1.32 bits per heavy atom. The molecule has 0 saturated carbocycles. The number of nitrogens with zero attached hydrogens (tertiary/aromatic N) is 1. The van der Waals surface area contributed by atoms with Crippen LogP contribution in [0.2, 0.25) is 0 Å². The maximum absolute atomic E-state index is 12.3. The summed E-state index contributed by atoms with van der Waals surface area (Å²) in [7, 11) is 0. The summed E-state index contributed by atoms with van der Waals surface area (Å²) >= 11 is 0. The predicted molar refractivity (Wildman–Crippen MR) is 83.0 cm³/mol. The van der Waals surface area contributed by atoms with Gasteiger partial charge in [-0.1, -0.05) is 13.8 Å². The molecule has 6 heteroatoms. The average molecular weight is 298 g/mol. The number of aromatic nitrogens is 1. The molecule has 0 fully saturated rings. The number of rotatable bonds is 5. The lowest BCUT2D eigenvalue weighted by molar-refractivity contribution is -0.123. The minimum Gasteiger partial charge on any atom is -0.361 e. The van der Waals surface area contributed by atoms with Crippen LogP contribution < -0.4 is 10.6 Å². The van der Waals surface area contributed by atoms with Crippen molar-refractivity contribution in [1.82, 2.24) is 15.6 Å². The molecule has 22 heavy (non-hydrogen) atoms. The van der Waals surface area contributed by atoms with Crippen LogP contribution in [0.4, 0.5) is 0 Å². The summed E-state index contributed by atoms with van der Waals surface area (Å²) < 4.78 is 0. The van der Waals surface area contributed by atoms with Crippen LogP contribution in [0.5, 0.6) is 0 Å². The first-order chi connectivity index (χ1) is 10.5. The first-order valence-corrected chi connectivity index (χ1v) is 7.05. The molecule has 2 aromatic rings. The van der Waals surface area contributed by atoms with Crippen molar-refractivity contribution in [2.75, 3.05) is 6.54 Å². The number of carbonyl (C=O) groups is 2. The Kier molecular flexibility index (Phi) is 4.79. The second-order valence-corrected chi connectivity index (χ2v) is 5.35. The number of fused-ring (bicyclic) bond motifs is 1. The molecule has 1 atom stereocenters. The molecule has 1 aromatic carbocycles. The van der Waals surface area contributed by atoms with E-state index in [0.29, 0.717) is 5.56 Å². The monoisotopic (exact) mass is 298 g/mol. The van der Waals surface area contributed by atoms with Gasteiger partial charge in [0.1, 0.15) is 12.6 Å². The number of benzene rings is 1. The summed E-state index contributed by atoms with van der Waals surface area (Å²) in [5, 5.41) is 14.7. The van der Waals surface area contributed by atoms with Gasteiger partial charge in [0.2, 0.25) is 5.91 Å². The van der Waals surface area contributed by atoms with Crippen molar-refractivity contribution in [3.8, 4) is 6.07 Å². The molecular formula is C16H18N4O2. The fraction of sp³-hybridized carbons (Fsp3) is 0.312. The van der Waals surface area contributed by atoms with Crippen LogP contribution in [0.1, 0.15) is 24.2 Å². The van der Waals surface area contributed by atoms with Crippen LogP contribution in [0.3, 0.4) is 0 Å². The van der Waals surface area contributed by atoms with Crippen molar-refractivity contribution in [1.29, 1.82) is 5.26 Å². The van der Waals surface area contributed by atoms with E-state index < -0.39 is 6.04 Å². The topological polar surface area (TPSA) is 97.8 Å². The summed E-state index contributed by atoms with van der Waals surface area (Å²) in [4.78, 5) is 27.4. The van der Waals surface area contributed by atoms with Gasteiger partial charge >= 0.3 is 0 Å². The van der Waals surface area contributed by atoms with Gasteiger partial charge in [-0.25, -0.2) is 0 Å². The molecule has 0 bridgehead atoms. The molecule has 6 nitrogen and oxygen atoms in total. The van der Waals surface area contributed by atoms with Crippen LogP contribution in [-0.4, -0.2) is 29.4 Å². The molecule has 0 spiro atoms. The van der Waals surface area contributed by atoms with Gasteiger partial charge in [-0.05, 0) is 30.2 Å². The molecule has 0 radical (unpaired) electrons. The fourth-order valence-corrected chi connectivity index (χ4v) is 2.19. The zero-order valence-corrected chi connectivity index (χ0v) is 12.5. The number of amides is 2. The first-order valence-electron chi connectivity index (χ1n) is 7.05. The van der Waals surface area contributed by atoms with E-state index in [9.17, 15) is 9.59 Å². The molecule has 2 amide bonds. The summed E-state index contributed by atoms with van der Waals surface area (Å²) in [5.74, 6) is -0.750. The quantitative estimate of drug-likeness (QED) is 0.731. The zero-order valence-electron chi connectivity index (χ0n) is 12.5. The number of aromatic amines is 1. The van der Waals surface area contributed by atoms with E-state index in [-0.39, 0.29) is 24.3 Å². The highest BCUT2D eigenvalue weighted by atomic mass is 16.2. The second-order valence-electron chi connectivity index (χ2n) is 5.35. The Morgan fingerprint density at radius 3 is 2.77 bits per heavy atom. The van der Waals surface area contributed by atoms with Crippen molar-refractivity contribution < 1.29 is 9.59 Å². The molecule has 2 rings (SSSR count). The van der Waals surface area contributed by atoms with E-state index in [1.54, 1.807) is 18.3 Å². The highest BCUT2D eigenvalue weighted by Crippen LogP contribution is 2.14. The highest BCUT2D eigenvalue weighted by Gasteiger charge is 2.24. The standard InChI is InChI=1S/C16H18N4O2/c1-10(2)14(16(22)19-8-6-17)20-15(21)12-3-4-13-11(9-12)5-7-18-13/h3-5,7,9-10,14,18H,8H2,1-2H3,(H,19,22)(H,20,21). The van der Waals surface area contributed by atoms with Gasteiger partial charge in [-0.15, -0.1) is 0 Å². The molecule has 0 aliphatic heterocycles. The van der Waals surface area contributed by atoms with Gasteiger partial charge in [0.05, 0.1) is 6.07 Å². The third-order valence-electron chi connectivity index (χ3n) is 3.39. The van der Waals surface area contributed by atoms with Gasteiger partial charge in [0, 0.05) is 22.7 Å². The number of hydrogen-bond acceptors (Lipinski definition) is 3. The van der Waals surface area contributed by atoms with Crippen LogP contribution in [0.15, 0.2) is 30.5 Å². The molecule has 1 unspecified atom stereocenters. The van der Waals surface area contributed by atoms with E-state index in [4.69, 9.17) is 5.26 Å². The Labute approximate surface area is 128 Å². The number of nitriles is 1. The van der Waals surface area contributed by atoms with E-state index in [1.807, 2.05) is 32.0 Å². The van der Waals surface area contributed by atoms with E-state index in [0.717, 1.165) is 10.9 Å². The molecule has 0 aliphatic rings. The third-order valence-corrected chi connectivity index (χ3v) is 3.39. The largest absolute Gasteiger partial charge is 0.361 e. The predicted octanol–water partition coefficient (Wildman–Crippen LogP) is 1.56. The minimum atomic E-state index is -0.678. The Bertz CT molecular complexity index is 727. The van der Waals surface area contributed by atoms with E-state index >= 15 is 0 Å². The molecule has 0 saturated heterocycles. The fourth-order valence-electron chi connectivity index (χ4n) is 2.19. The lowest BCUT2D eigenvalue weighted by Crippen LogP contribution is -2.49. The molecule has 1 aromatic heterocycles. The zero-order chi connectivity index (χ0) is 16.1. The molecule has 1 heterocycles. The van der Waals surface area contributed by atoms with Crippen molar-refractivity contribution in [2.24, 2.45) is 5.92 Å². The van der Waals surface area contributed by atoms with Crippen molar-refractivity contribution in [3.63, 3.8) is 0 Å². The second kappa shape index (κ2) is 6.76. The maximum atomic E-state index is 12.3. The van der Waals surface area contributed by atoms with Crippen molar-refractivity contribution in [2.45, 2.75) is 19.9 Å². The lowest BCUT2D eigenvalue weighted by atomic mass is 10.0. The van der Waals surface area contributed by atoms with Crippen LogP contribution in [0, 0.1) is 17.2 Å². The Morgan fingerprint density at radius 2 is 2.09 bits per heavy atom. The van der Waals surface area contributed by atoms with Gasteiger partial charge < -0.3 is 15.6 Å². The molecular weight excluding hydrogens is 280 g/mol. The van der Waals surface area contributed by atoms with Crippen molar-refractivity contribution in [3.05, 3.63) is 36.0 Å². The summed E-state index contributed by atoms with van der Waals surface area (Å²) in [6.45, 7) is 3.60. The van der Waals surface area contributed by atoms with Crippen LogP contribution in [0.25, 0.3) is 10.9 Å². The Balaban J connectivity index is 2.13. The number of hydrogen-bond donors (Lipinski definition) is 3. The van der Waals surface area contributed by atoms with Gasteiger partial charge in [-0.2, -0.15) is 5.26 Å². The lowest BCUT2D eigenvalue weighted by Gasteiger charge is -2.21. The van der Waals surface area contributed by atoms with E-state index in [1.165, 1.54) is 0 Å². The first kappa shape index (κ1) is 15.6. The minimum absolute atomic E-state index is 0.0762. The number of H-pyrrole nitrogens is 1. The average Bonchev–Trinajstić information content (AvgIpc) is 2.97. The summed E-state index contributed by atoms with van der Waals surface area (Å²) in [5.41, 5.74) is 1.44. The SMILES string of the molecule is CC(C)C(NC(=O)c1ccc2[nH]ccc2c1)C(=O)NCC#N. The van der Waals surface area contributed by atoms with E-state index in [2.05, 4.69) is 15.6 Å². The van der Waals surface area contributed by atoms with Gasteiger partial charge in [0.25, 0.3) is 5.91 Å². The van der Waals surface area contributed by atoms with Crippen LogP contribution >= 0.6 is 0 Å². The van der Waals surface area contributed by atoms with Crippen LogP contribution in [-0.2, 0) is 4.79 Å². The summed E-state index contributed by atoms with van der Waals surface area (Å²) in [6.07, 6.45) is 1.80. The van der Waals surface area contributed by atoms with Gasteiger partial charge in [-0.3, -0.25) is 9.59 Å². The molecule has 0 aliphatic carbocycles. The highest BCUT2D eigenvalue weighted by molar-refractivity contribution is 6.00. The number of nitrogens with one attached hydrogen (secondary N) is 3. The molecule has 3 N–H and O–H groups in total. The maximum Gasteiger partial charge on any atom is 0.251 e. The van der Waals surface area contributed by atoms with Gasteiger partial charge in [0.15, 0.2) is 0 Å². The normalized spacial score (nSPS) is 11.9. The molecule has 114 valence electrons. The van der Waals surface area contributed by atoms with Crippen molar-refractivity contribution >= 4 is 22.7 Å². The number of carbonyl (C=O) groups excluding carboxylic acids is 2. The smallest absolute Gasteiger partial charge is 0.251 e. The Hall–Kier alpha value is -2.81. The third kappa shape index (κ3) is 3.44. The summed E-state index contributed by atoms with van der Waals surface area (Å²) in [6, 6.07) is 8.35.